The molecule has 0 aliphatic heterocycles. The second-order valence-corrected chi connectivity index (χ2v) is 7.02. The molecule has 27 heavy (non-hydrogen) atoms. The number of nitrogens with one attached hydrogen (secondary N) is 2. The standard InChI is InChI=1S/C18H17ClN4O3S/c1-11-3-8-15(25-2)14(9-11)17(24)21-23-18-22-20-16(27-18)10-26-13-6-4-12(19)5-7-13/h3-9H,10H2,1-2H3,(H,21,24)(H,22,23). The molecule has 0 saturated heterocycles. The number of nitrogens with zero attached hydrogens (tertiary/aromatic N) is 2. The molecule has 0 radical (unpaired) electrons. The van der Waals surface area contributed by atoms with Crippen molar-refractivity contribution in [1.82, 2.24) is 15.6 Å². The Balaban J connectivity index is 1.55. The molecule has 0 saturated carbocycles. The number of aryl methyl sites for hydroxylation is 1. The van der Waals surface area contributed by atoms with Crippen LogP contribution in [0.2, 0.25) is 5.02 Å². The Labute approximate surface area is 165 Å². The minimum absolute atomic E-state index is 0.265. The molecule has 9 heteroatoms. The Hall–Kier alpha value is -2.84. The van der Waals surface area contributed by atoms with Gasteiger partial charge in [0, 0.05) is 5.02 Å². The summed E-state index contributed by atoms with van der Waals surface area (Å²) in [6, 6.07) is 12.4. The lowest BCUT2D eigenvalue weighted by molar-refractivity contribution is 0.0959. The zero-order valence-corrected chi connectivity index (χ0v) is 16.2. The van der Waals surface area contributed by atoms with Crippen molar-refractivity contribution in [2.24, 2.45) is 0 Å². The molecular formula is C18H17ClN4O3S. The average Bonchev–Trinajstić information content (AvgIpc) is 3.13. The van der Waals surface area contributed by atoms with E-state index in [1.54, 1.807) is 36.4 Å². The van der Waals surface area contributed by atoms with Crippen LogP contribution in [-0.4, -0.2) is 23.2 Å². The third kappa shape index (κ3) is 5.08. The number of hydrazine groups is 1. The maximum absolute atomic E-state index is 12.4. The van der Waals surface area contributed by atoms with Gasteiger partial charge in [-0.25, -0.2) is 0 Å². The fourth-order valence-corrected chi connectivity index (χ4v) is 2.95. The van der Waals surface area contributed by atoms with Gasteiger partial charge in [0.05, 0.1) is 12.7 Å². The predicted molar refractivity (Wildman–Crippen MR) is 105 cm³/mol. The predicted octanol–water partition coefficient (Wildman–Crippen LogP) is 3.84. The summed E-state index contributed by atoms with van der Waals surface area (Å²) in [5.74, 6) is 0.850. The SMILES string of the molecule is COc1ccc(C)cc1C(=O)NNc1nnc(COc2ccc(Cl)cc2)s1. The van der Waals surface area contributed by atoms with E-state index in [0.29, 0.717) is 32.2 Å². The summed E-state index contributed by atoms with van der Waals surface area (Å²) in [5, 5.41) is 9.76. The molecular weight excluding hydrogens is 388 g/mol. The van der Waals surface area contributed by atoms with E-state index in [1.807, 2.05) is 13.0 Å². The van der Waals surface area contributed by atoms with Crippen LogP contribution in [0.1, 0.15) is 20.9 Å². The third-order valence-corrected chi connectivity index (χ3v) is 4.59. The second kappa shape index (κ2) is 8.70. The highest BCUT2D eigenvalue weighted by atomic mass is 35.5. The molecule has 0 unspecified atom stereocenters. The van der Waals surface area contributed by atoms with Crippen LogP contribution in [0.5, 0.6) is 11.5 Å². The number of halogens is 1. The van der Waals surface area contributed by atoms with E-state index < -0.39 is 0 Å². The molecule has 0 atom stereocenters. The minimum Gasteiger partial charge on any atom is -0.496 e. The number of hydrogen-bond donors (Lipinski definition) is 2. The number of hydrogen-bond acceptors (Lipinski definition) is 7. The molecule has 3 rings (SSSR count). The van der Waals surface area contributed by atoms with Gasteiger partial charge in [0.2, 0.25) is 5.13 Å². The molecule has 0 fully saturated rings. The van der Waals surface area contributed by atoms with Gasteiger partial charge in [0.1, 0.15) is 18.1 Å². The van der Waals surface area contributed by atoms with Crippen molar-refractivity contribution >= 4 is 34.0 Å². The van der Waals surface area contributed by atoms with Crippen LogP contribution in [0.3, 0.4) is 0 Å². The third-order valence-electron chi connectivity index (χ3n) is 3.53. The van der Waals surface area contributed by atoms with Crippen molar-refractivity contribution in [3.8, 4) is 11.5 Å². The number of carbonyl (C=O) groups is 1. The molecule has 3 aromatic rings. The fourth-order valence-electron chi connectivity index (χ4n) is 2.22. The van der Waals surface area contributed by atoms with Crippen LogP contribution in [0.15, 0.2) is 42.5 Å². The first-order chi connectivity index (χ1) is 13.0. The topological polar surface area (TPSA) is 85.4 Å². The highest BCUT2D eigenvalue weighted by Crippen LogP contribution is 2.21. The number of rotatable bonds is 7. The minimum atomic E-state index is -0.329. The first-order valence-electron chi connectivity index (χ1n) is 7.97. The lowest BCUT2D eigenvalue weighted by Crippen LogP contribution is -2.29. The van der Waals surface area contributed by atoms with Crippen molar-refractivity contribution < 1.29 is 14.3 Å². The van der Waals surface area contributed by atoms with Crippen LogP contribution in [0.25, 0.3) is 0 Å². The van der Waals surface area contributed by atoms with Gasteiger partial charge in [-0.1, -0.05) is 34.6 Å². The van der Waals surface area contributed by atoms with Gasteiger partial charge < -0.3 is 9.47 Å². The number of anilines is 1. The van der Waals surface area contributed by atoms with E-state index in [2.05, 4.69) is 21.0 Å². The monoisotopic (exact) mass is 404 g/mol. The smallest absolute Gasteiger partial charge is 0.273 e. The molecule has 1 amide bonds. The van der Waals surface area contributed by atoms with E-state index in [4.69, 9.17) is 21.1 Å². The van der Waals surface area contributed by atoms with Crippen molar-refractivity contribution in [2.75, 3.05) is 12.5 Å². The van der Waals surface area contributed by atoms with Crippen LogP contribution in [0.4, 0.5) is 5.13 Å². The van der Waals surface area contributed by atoms with Gasteiger partial charge in [0.15, 0.2) is 5.01 Å². The molecule has 140 valence electrons. The van der Waals surface area contributed by atoms with E-state index in [9.17, 15) is 4.79 Å². The summed E-state index contributed by atoms with van der Waals surface area (Å²) in [4.78, 5) is 12.4. The molecule has 2 aromatic carbocycles. The van der Waals surface area contributed by atoms with Crippen molar-refractivity contribution in [3.63, 3.8) is 0 Å². The molecule has 0 aliphatic carbocycles. The Bertz CT molecular complexity index is 931. The Morgan fingerprint density at radius 3 is 2.70 bits per heavy atom. The average molecular weight is 405 g/mol. The van der Waals surface area contributed by atoms with E-state index in [-0.39, 0.29) is 12.5 Å². The largest absolute Gasteiger partial charge is 0.496 e. The summed E-state index contributed by atoms with van der Waals surface area (Å²) in [5.41, 5.74) is 6.74. The zero-order chi connectivity index (χ0) is 19.2. The Kier molecular flexibility index (Phi) is 6.10. The van der Waals surface area contributed by atoms with Crippen LogP contribution in [-0.2, 0) is 6.61 Å². The van der Waals surface area contributed by atoms with Gasteiger partial charge in [-0.3, -0.25) is 15.6 Å². The Morgan fingerprint density at radius 1 is 1.19 bits per heavy atom. The number of benzene rings is 2. The van der Waals surface area contributed by atoms with Crippen molar-refractivity contribution in [1.29, 1.82) is 0 Å². The highest BCUT2D eigenvalue weighted by molar-refractivity contribution is 7.15. The van der Waals surface area contributed by atoms with Gasteiger partial charge in [-0.15, -0.1) is 10.2 Å². The molecule has 1 aromatic heterocycles. The van der Waals surface area contributed by atoms with E-state index in [0.717, 1.165) is 5.56 Å². The summed E-state index contributed by atoms with van der Waals surface area (Å²) in [6.45, 7) is 2.17. The summed E-state index contributed by atoms with van der Waals surface area (Å²) in [6.07, 6.45) is 0. The molecule has 0 spiro atoms. The van der Waals surface area contributed by atoms with Crippen LogP contribution < -0.4 is 20.3 Å². The van der Waals surface area contributed by atoms with Crippen molar-refractivity contribution in [3.05, 3.63) is 63.6 Å². The summed E-state index contributed by atoms with van der Waals surface area (Å²) < 4.78 is 10.8. The van der Waals surface area contributed by atoms with Crippen LogP contribution >= 0.6 is 22.9 Å². The molecule has 0 bridgehead atoms. The number of methoxy groups -OCH3 is 1. The van der Waals surface area contributed by atoms with Gasteiger partial charge in [-0.05, 0) is 43.3 Å². The first-order valence-corrected chi connectivity index (χ1v) is 9.16. The van der Waals surface area contributed by atoms with E-state index in [1.165, 1.54) is 18.4 Å². The normalized spacial score (nSPS) is 10.3. The van der Waals surface area contributed by atoms with Gasteiger partial charge in [0.25, 0.3) is 5.91 Å². The van der Waals surface area contributed by atoms with Gasteiger partial charge in [-0.2, -0.15) is 0 Å². The Morgan fingerprint density at radius 2 is 1.96 bits per heavy atom. The van der Waals surface area contributed by atoms with E-state index >= 15 is 0 Å². The first kappa shape index (κ1) is 18.9. The highest BCUT2D eigenvalue weighted by Gasteiger charge is 2.13. The molecule has 2 N–H and O–H groups in total. The van der Waals surface area contributed by atoms with Gasteiger partial charge >= 0.3 is 0 Å². The van der Waals surface area contributed by atoms with Crippen LogP contribution in [0, 0.1) is 6.92 Å². The lowest BCUT2D eigenvalue weighted by atomic mass is 10.1. The maximum atomic E-state index is 12.4. The number of aromatic nitrogens is 2. The number of ether oxygens (including phenoxy) is 2. The number of carbonyl (C=O) groups excluding carboxylic acids is 1. The lowest BCUT2D eigenvalue weighted by Gasteiger charge is -2.10. The summed E-state index contributed by atoms with van der Waals surface area (Å²) in [7, 11) is 1.52. The molecule has 0 aliphatic rings. The fraction of sp³-hybridized carbons (Fsp3) is 0.167. The molecule has 7 nitrogen and oxygen atoms in total. The summed E-state index contributed by atoms with van der Waals surface area (Å²) >= 11 is 7.11. The zero-order valence-electron chi connectivity index (χ0n) is 14.7. The number of amides is 1. The second-order valence-electron chi connectivity index (χ2n) is 5.53. The molecule has 1 heterocycles. The quantitative estimate of drug-likeness (QED) is 0.582. The maximum Gasteiger partial charge on any atom is 0.273 e. The van der Waals surface area contributed by atoms with Crippen molar-refractivity contribution in [2.45, 2.75) is 13.5 Å².